The van der Waals surface area contributed by atoms with E-state index < -0.39 is 0 Å². The molecule has 20 heavy (non-hydrogen) atoms. The maximum Gasteiger partial charge on any atom is 0.102 e. The molecule has 0 bridgehead atoms. The van der Waals surface area contributed by atoms with Crippen LogP contribution in [0.25, 0.3) is 0 Å². The lowest BCUT2D eigenvalue weighted by Crippen LogP contribution is -2.21. The molecule has 0 amide bonds. The monoisotopic (exact) mass is 353 g/mol. The van der Waals surface area contributed by atoms with E-state index >= 15 is 0 Å². The third-order valence-corrected chi connectivity index (χ3v) is 5.56. The van der Waals surface area contributed by atoms with Gasteiger partial charge in [-0.3, -0.25) is 4.68 Å². The standard InChI is InChI=1S/C15H20BrN3S/c1-4-11(17)9-12-10(2)18-19(3)15(12)20-14-8-6-5-7-13(14)16/h5-8,11H,4,9,17H2,1-3H3. The van der Waals surface area contributed by atoms with Gasteiger partial charge in [-0.15, -0.1) is 0 Å². The molecular weight excluding hydrogens is 334 g/mol. The number of nitrogens with two attached hydrogens (primary N) is 1. The number of rotatable bonds is 5. The fourth-order valence-corrected chi connectivity index (χ4v) is 3.66. The fraction of sp³-hybridized carbons (Fsp3) is 0.400. The molecule has 1 atom stereocenters. The van der Waals surface area contributed by atoms with Gasteiger partial charge < -0.3 is 5.73 Å². The maximum absolute atomic E-state index is 6.12. The number of halogens is 1. The smallest absolute Gasteiger partial charge is 0.102 e. The molecule has 2 aromatic rings. The zero-order valence-electron chi connectivity index (χ0n) is 12.1. The van der Waals surface area contributed by atoms with Gasteiger partial charge in [-0.05, 0) is 47.8 Å². The number of hydrogen-bond acceptors (Lipinski definition) is 3. The Balaban J connectivity index is 2.34. The van der Waals surface area contributed by atoms with Gasteiger partial charge in [0, 0.05) is 28.0 Å². The van der Waals surface area contributed by atoms with E-state index in [0.29, 0.717) is 0 Å². The molecule has 0 saturated heterocycles. The van der Waals surface area contributed by atoms with Gasteiger partial charge in [0.25, 0.3) is 0 Å². The van der Waals surface area contributed by atoms with Crippen LogP contribution in [0.3, 0.4) is 0 Å². The predicted molar refractivity (Wildman–Crippen MR) is 88.2 cm³/mol. The topological polar surface area (TPSA) is 43.8 Å². The minimum Gasteiger partial charge on any atom is -0.327 e. The van der Waals surface area contributed by atoms with E-state index in [-0.39, 0.29) is 6.04 Å². The summed E-state index contributed by atoms with van der Waals surface area (Å²) < 4.78 is 3.06. The Labute approximate surface area is 133 Å². The Morgan fingerprint density at radius 3 is 2.75 bits per heavy atom. The molecule has 0 aliphatic carbocycles. The average Bonchev–Trinajstić information content (AvgIpc) is 2.68. The molecule has 2 rings (SSSR count). The van der Waals surface area contributed by atoms with E-state index in [2.05, 4.69) is 47.0 Å². The summed E-state index contributed by atoms with van der Waals surface area (Å²) >= 11 is 5.34. The molecule has 0 aliphatic rings. The van der Waals surface area contributed by atoms with Crippen LogP contribution in [0.1, 0.15) is 24.6 Å². The highest BCUT2D eigenvalue weighted by Gasteiger charge is 2.17. The summed E-state index contributed by atoms with van der Waals surface area (Å²) in [5, 5.41) is 5.73. The van der Waals surface area contributed by atoms with Crippen molar-refractivity contribution in [1.82, 2.24) is 9.78 Å². The quantitative estimate of drug-likeness (QED) is 0.885. The minimum atomic E-state index is 0.191. The molecule has 1 aromatic carbocycles. The van der Waals surface area contributed by atoms with Crippen LogP contribution in [0.4, 0.5) is 0 Å². The molecule has 108 valence electrons. The summed E-state index contributed by atoms with van der Waals surface area (Å²) in [6.07, 6.45) is 1.86. The van der Waals surface area contributed by atoms with Crippen LogP contribution in [-0.4, -0.2) is 15.8 Å². The van der Waals surface area contributed by atoms with Crippen molar-refractivity contribution in [3.8, 4) is 0 Å². The minimum absolute atomic E-state index is 0.191. The van der Waals surface area contributed by atoms with Gasteiger partial charge in [-0.1, -0.05) is 30.8 Å². The lowest BCUT2D eigenvalue weighted by molar-refractivity contribution is 0.631. The summed E-state index contributed by atoms with van der Waals surface area (Å²) in [5.41, 5.74) is 8.46. The highest BCUT2D eigenvalue weighted by atomic mass is 79.9. The number of nitrogens with zero attached hydrogens (tertiary/aromatic N) is 2. The van der Waals surface area contributed by atoms with E-state index in [9.17, 15) is 0 Å². The van der Waals surface area contributed by atoms with Gasteiger partial charge in [0.2, 0.25) is 0 Å². The first-order valence-electron chi connectivity index (χ1n) is 6.73. The second-order valence-electron chi connectivity index (χ2n) is 4.90. The number of benzene rings is 1. The molecule has 3 nitrogen and oxygen atoms in total. The molecule has 0 fully saturated rings. The van der Waals surface area contributed by atoms with Crippen LogP contribution in [0.15, 0.2) is 38.7 Å². The predicted octanol–water partition coefficient (Wildman–Crippen LogP) is 3.92. The normalized spacial score (nSPS) is 12.7. The van der Waals surface area contributed by atoms with Crippen LogP contribution >= 0.6 is 27.7 Å². The Bertz CT molecular complexity index is 595. The Morgan fingerprint density at radius 2 is 2.10 bits per heavy atom. The van der Waals surface area contributed by atoms with Crippen molar-refractivity contribution < 1.29 is 0 Å². The van der Waals surface area contributed by atoms with Crippen molar-refractivity contribution in [2.75, 3.05) is 0 Å². The Morgan fingerprint density at radius 1 is 1.40 bits per heavy atom. The van der Waals surface area contributed by atoms with Gasteiger partial charge >= 0.3 is 0 Å². The van der Waals surface area contributed by atoms with Crippen molar-refractivity contribution in [2.45, 2.75) is 42.7 Å². The van der Waals surface area contributed by atoms with Gasteiger partial charge in [0.05, 0.1) is 5.69 Å². The highest BCUT2D eigenvalue weighted by molar-refractivity contribution is 9.10. The second-order valence-corrected chi connectivity index (χ2v) is 6.78. The second kappa shape index (κ2) is 6.78. The molecule has 5 heteroatoms. The Kier molecular flexibility index (Phi) is 5.29. The van der Waals surface area contributed by atoms with Crippen LogP contribution in [0.2, 0.25) is 0 Å². The molecule has 1 heterocycles. The molecule has 0 radical (unpaired) electrons. The van der Waals surface area contributed by atoms with E-state index in [1.807, 2.05) is 23.9 Å². The summed E-state index contributed by atoms with van der Waals surface area (Å²) in [6, 6.07) is 8.44. The highest BCUT2D eigenvalue weighted by Crippen LogP contribution is 2.36. The van der Waals surface area contributed by atoms with Crippen LogP contribution in [-0.2, 0) is 13.5 Å². The molecular formula is C15H20BrN3S. The van der Waals surface area contributed by atoms with Crippen molar-refractivity contribution in [1.29, 1.82) is 0 Å². The number of aromatic nitrogens is 2. The molecule has 1 unspecified atom stereocenters. The van der Waals surface area contributed by atoms with Gasteiger partial charge in [0.15, 0.2) is 0 Å². The summed E-state index contributed by atoms with van der Waals surface area (Å²) in [6.45, 7) is 4.18. The lowest BCUT2D eigenvalue weighted by Gasteiger charge is -2.11. The van der Waals surface area contributed by atoms with Crippen LogP contribution in [0.5, 0.6) is 0 Å². The number of hydrogen-bond donors (Lipinski definition) is 1. The first-order chi connectivity index (χ1) is 9.52. The zero-order chi connectivity index (χ0) is 14.7. The van der Waals surface area contributed by atoms with E-state index in [1.165, 1.54) is 15.5 Å². The molecule has 0 spiro atoms. The van der Waals surface area contributed by atoms with E-state index in [0.717, 1.165) is 23.0 Å². The van der Waals surface area contributed by atoms with Crippen LogP contribution in [0, 0.1) is 6.92 Å². The fourth-order valence-electron chi connectivity index (χ4n) is 2.08. The van der Waals surface area contributed by atoms with E-state index in [4.69, 9.17) is 5.73 Å². The van der Waals surface area contributed by atoms with E-state index in [1.54, 1.807) is 11.8 Å². The summed E-state index contributed by atoms with van der Waals surface area (Å²) in [4.78, 5) is 1.20. The largest absolute Gasteiger partial charge is 0.327 e. The van der Waals surface area contributed by atoms with Crippen LogP contribution < -0.4 is 5.73 Å². The molecule has 2 N–H and O–H groups in total. The maximum atomic E-state index is 6.12. The van der Waals surface area contributed by atoms with Crippen molar-refractivity contribution in [3.05, 3.63) is 40.0 Å². The summed E-state index contributed by atoms with van der Waals surface area (Å²) in [5.74, 6) is 0. The number of aryl methyl sites for hydroxylation is 2. The van der Waals surface area contributed by atoms with Crippen molar-refractivity contribution >= 4 is 27.7 Å². The lowest BCUT2D eigenvalue weighted by atomic mass is 10.1. The third-order valence-electron chi connectivity index (χ3n) is 3.32. The molecule has 0 saturated carbocycles. The van der Waals surface area contributed by atoms with Crippen molar-refractivity contribution in [3.63, 3.8) is 0 Å². The average molecular weight is 354 g/mol. The van der Waals surface area contributed by atoms with Crippen molar-refractivity contribution in [2.24, 2.45) is 12.8 Å². The molecule has 1 aromatic heterocycles. The SMILES string of the molecule is CCC(N)Cc1c(C)nn(C)c1Sc1ccccc1Br. The Hall–Kier alpha value is -0.780. The molecule has 0 aliphatic heterocycles. The first kappa shape index (κ1) is 15.6. The zero-order valence-corrected chi connectivity index (χ0v) is 14.5. The summed E-state index contributed by atoms with van der Waals surface area (Å²) in [7, 11) is 1.99. The van der Waals surface area contributed by atoms with Gasteiger partial charge in [0.1, 0.15) is 5.03 Å². The first-order valence-corrected chi connectivity index (χ1v) is 8.34. The van der Waals surface area contributed by atoms with Gasteiger partial charge in [-0.25, -0.2) is 0 Å². The van der Waals surface area contributed by atoms with Gasteiger partial charge in [-0.2, -0.15) is 5.10 Å². The third kappa shape index (κ3) is 3.45.